The van der Waals surface area contributed by atoms with E-state index in [1.807, 2.05) is 0 Å². The Kier molecular flexibility index (Phi) is 7.67. The van der Waals surface area contributed by atoms with Crippen LogP contribution < -0.4 is 11.1 Å². The standard InChI is InChI=1S/C13H18F2N2O2.C2HF3O2/c1-12(2,11(18)19)17-7-13(3,16)8-4-9(14)6-10(15)5-8;3-2(4,5)1(6)7/h4-6,17H,7,16H2,1-3H3,(H,18,19);(H,6,7). The molecule has 0 heterocycles. The fourth-order valence-electron chi connectivity index (χ4n) is 1.47. The number of carboxylic acid groups (broad SMARTS) is 2. The third-order valence-electron chi connectivity index (χ3n) is 3.20. The molecule has 0 bridgehead atoms. The fraction of sp³-hybridized carbons (Fsp3) is 0.467. The molecule has 0 amide bonds. The molecule has 0 aliphatic rings. The van der Waals surface area contributed by atoms with Gasteiger partial charge in [0.15, 0.2) is 0 Å². The zero-order valence-electron chi connectivity index (χ0n) is 14.1. The fourth-order valence-corrected chi connectivity index (χ4v) is 1.47. The lowest BCUT2D eigenvalue weighted by Gasteiger charge is -2.30. The lowest BCUT2D eigenvalue weighted by Crippen LogP contribution is -2.54. The van der Waals surface area contributed by atoms with Gasteiger partial charge in [-0.1, -0.05) is 0 Å². The zero-order chi connectivity index (χ0) is 20.9. The van der Waals surface area contributed by atoms with Crippen LogP contribution >= 0.6 is 0 Å². The predicted molar refractivity (Wildman–Crippen MR) is 81.3 cm³/mol. The van der Waals surface area contributed by atoms with Gasteiger partial charge in [-0.05, 0) is 38.5 Å². The van der Waals surface area contributed by atoms with Gasteiger partial charge in [0.25, 0.3) is 0 Å². The molecule has 11 heteroatoms. The van der Waals surface area contributed by atoms with Gasteiger partial charge in [0.05, 0.1) is 5.54 Å². The summed E-state index contributed by atoms with van der Waals surface area (Å²) in [5, 5.41) is 18.9. The summed E-state index contributed by atoms with van der Waals surface area (Å²) in [6.45, 7) is 4.61. The monoisotopic (exact) mass is 386 g/mol. The van der Waals surface area contributed by atoms with Gasteiger partial charge < -0.3 is 21.3 Å². The van der Waals surface area contributed by atoms with E-state index in [1.165, 1.54) is 13.8 Å². The number of alkyl halides is 3. The van der Waals surface area contributed by atoms with Gasteiger partial charge in [-0.25, -0.2) is 13.6 Å². The molecule has 0 spiro atoms. The van der Waals surface area contributed by atoms with Gasteiger partial charge in [0, 0.05) is 12.6 Å². The maximum atomic E-state index is 13.2. The minimum Gasteiger partial charge on any atom is -0.480 e. The summed E-state index contributed by atoms with van der Waals surface area (Å²) in [7, 11) is 0. The second-order valence-electron chi connectivity index (χ2n) is 6.16. The molecule has 0 saturated heterocycles. The summed E-state index contributed by atoms with van der Waals surface area (Å²) in [6.07, 6.45) is -5.08. The number of carboxylic acids is 2. The summed E-state index contributed by atoms with van der Waals surface area (Å²) in [4.78, 5) is 19.9. The molecule has 0 fully saturated rings. The normalized spacial score (nSPS) is 14.0. The second-order valence-corrected chi connectivity index (χ2v) is 6.16. The highest BCUT2D eigenvalue weighted by Gasteiger charge is 2.38. The highest BCUT2D eigenvalue weighted by Crippen LogP contribution is 2.20. The molecule has 148 valence electrons. The van der Waals surface area contributed by atoms with Crippen molar-refractivity contribution in [3.63, 3.8) is 0 Å². The minimum atomic E-state index is -5.08. The van der Waals surface area contributed by atoms with Gasteiger partial charge in [-0.15, -0.1) is 0 Å². The largest absolute Gasteiger partial charge is 0.490 e. The molecule has 5 N–H and O–H groups in total. The average Bonchev–Trinajstić information content (AvgIpc) is 2.44. The van der Waals surface area contributed by atoms with Crippen LogP contribution in [0.3, 0.4) is 0 Å². The number of hydrogen-bond donors (Lipinski definition) is 4. The van der Waals surface area contributed by atoms with E-state index in [-0.39, 0.29) is 12.1 Å². The first-order chi connectivity index (χ1) is 11.5. The first-order valence-corrected chi connectivity index (χ1v) is 7.03. The van der Waals surface area contributed by atoms with Crippen molar-refractivity contribution in [2.24, 2.45) is 5.73 Å². The lowest BCUT2D eigenvalue weighted by molar-refractivity contribution is -0.192. The van der Waals surface area contributed by atoms with Gasteiger partial charge in [0.1, 0.15) is 17.2 Å². The molecule has 0 aliphatic heterocycles. The van der Waals surface area contributed by atoms with Crippen molar-refractivity contribution in [3.8, 4) is 0 Å². The van der Waals surface area contributed by atoms with E-state index in [0.717, 1.165) is 18.2 Å². The van der Waals surface area contributed by atoms with Crippen LogP contribution in [0.15, 0.2) is 18.2 Å². The third kappa shape index (κ3) is 7.74. The zero-order valence-corrected chi connectivity index (χ0v) is 14.1. The summed E-state index contributed by atoms with van der Waals surface area (Å²) >= 11 is 0. The second kappa shape index (κ2) is 8.41. The molecule has 26 heavy (non-hydrogen) atoms. The van der Waals surface area contributed by atoms with E-state index in [4.69, 9.17) is 20.7 Å². The van der Waals surface area contributed by atoms with Crippen LogP contribution in [0.5, 0.6) is 0 Å². The number of rotatable bonds is 5. The number of aliphatic carboxylic acids is 2. The number of carbonyl (C=O) groups is 2. The predicted octanol–water partition coefficient (Wildman–Crippen LogP) is 2.22. The molecular weight excluding hydrogens is 367 g/mol. The number of hydrogen-bond acceptors (Lipinski definition) is 4. The number of halogens is 5. The molecule has 6 nitrogen and oxygen atoms in total. The van der Waals surface area contributed by atoms with Crippen molar-refractivity contribution in [2.45, 2.75) is 38.0 Å². The first kappa shape index (κ1) is 23.7. The smallest absolute Gasteiger partial charge is 0.480 e. The number of benzene rings is 1. The Morgan fingerprint density at radius 1 is 1.00 bits per heavy atom. The Balaban J connectivity index is 0.000000758. The Bertz CT molecular complexity index is 640. The summed E-state index contributed by atoms with van der Waals surface area (Å²) in [6, 6.07) is 3.03. The van der Waals surface area contributed by atoms with E-state index in [1.54, 1.807) is 6.92 Å². The quantitative estimate of drug-likeness (QED) is 0.578. The molecule has 1 atom stereocenters. The molecule has 0 saturated carbocycles. The highest BCUT2D eigenvalue weighted by molar-refractivity contribution is 5.77. The van der Waals surface area contributed by atoms with Crippen molar-refractivity contribution in [2.75, 3.05) is 6.54 Å². The number of nitrogens with one attached hydrogen (secondary N) is 1. The molecule has 0 aromatic heterocycles. The van der Waals surface area contributed by atoms with Crippen LogP contribution in [-0.2, 0) is 15.1 Å². The Morgan fingerprint density at radius 3 is 1.69 bits per heavy atom. The maximum absolute atomic E-state index is 13.2. The van der Waals surface area contributed by atoms with Crippen molar-refractivity contribution in [1.29, 1.82) is 0 Å². The first-order valence-electron chi connectivity index (χ1n) is 7.03. The molecule has 0 radical (unpaired) electrons. The molecule has 1 unspecified atom stereocenters. The molecule has 0 aliphatic carbocycles. The van der Waals surface area contributed by atoms with E-state index >= 15 is 0 Å². The minimum absolute atomic E-state index is 0.0647. The topological polar surface area (TPSA) is 113 Å². The van der Waals surface area contributed by atoms with Gasteiger partial charge in [-0.3, -0.25) is 4.79 Å². The van der Waals surface area contributed by atoms with Crippen LogP contribution in [0.2, 0.25) is 0 Å². The van der Waals surface area contributed by atoms with Gasteiger partial charge >= 0.3 is 18.1 Å². The number of nitrogens with two attached hydrogens (primary N) is 1. The van der Waals surface area contributed by atoms with Gasteiger partial charge in [-0.2, -0.15) is 13.2 Å². The van der Waals surface area contributed by atoms with Crippen LogP contribution in [0.1, 0.15) is 26.3 Å². The van der Waals surface area contributed by atoms with Crippen LogP contribution in [0, 0.1) is 11.6 Å². The van der Waals surface area contributed by atoms with Gasteiger partial charge in [0.2, 0.25) is 0 Å². The SMILES string of the molecule is CC(C)(NCC(C)(N)c1cc(F)cc(F)c1)C(=O)O.O=C(O)C(F)(F)F. The van der Waals surface area contributed by atoms with Crippen LogP contribution in [-0.4, -0.2) is 40.4 Å². The van der Waals surface area contributed by atoms with E-state index in [2.05, 4.69) is 5.32 Å². The maximum Gasteiger partial charge on any atom is 0.490 e. The Hall–Kier alpha value is -2.27. The Morgan fingerprint density at radius 2 is 1.38 bits per heavy atom. The highest BCUT2D eigenvalue weighted by atomic mass is 19.4. The summed E-state index contributed by atoms with van der Waals surface area (Å²) < 4.78 is 58.0. The average molecular weight is 386 g/mol. The molecular formula is C15H19F5N2O4. The van der Waals surface area contributed by atoms with Crippen molar-refractivity contribution >= 4 is 11.9 Å². The lowest BCUT2D eigenvalue weighted by atomic mass is 9.91. The summed E-state index contributed by atoms with van der Waals surface area (Å²) in [5.74, 6) is -5.23. The Labute approximate surface area is 145 Å². The van der Waals surface area contributed by atoms with Crippen LogP contribution in [0.4, 0.5) is 22.0 Å². The molecule has 1 aromatic rings. The van der Waals surface area contributed by atoms with E-state index < -0.39 is 40.8 Å². The third-order valence-corrected chi connectivity index (χ3v) is 3.20. The van der Waals surface area contributed by atoms with Crippen molar-refractivity contribution in [3.05, 3.63) is 35.4 Å². The molecule has 1 aromatic carbocycles. The van der Waals surface area contributed by atoms with Crippen molar-refractivity contribution in [1.82, 2.24) is 5.32 Å². The van der Waals surface area contributed by atoms with Crippen LogP contribution in [0.25, 0.3) is 0 Å². The van der Waals surface area contributed by atoms with E-state index in [9.17, 15) is 26.7 Å². The molecule has 1 rings (SSSR count). The van der Waals surface area contributed by atoms with Crippen molar-refractivity contribution < 1.29 is 41.8 Å². The summed E-state index contributed by atoms with van der Waals surface area (Å²) in [5.41, 5.74) is 4.00. The van der Waals surface area contributed by atoms with E-state index in [0.29, 0.717) is 0 Å².